The SMILES string of the molecule is CN(C)c1ccc(/C=C/C2=[N+](c3ccccc3)c3ccc(S(=O)(=O)[O-])cc3C2(C)C)c(OC(=O)Nc2ccccc2)c1. The summed E-state index contributed by atoms with van der Waals surface area (Å²) in [6.07, 6.45) is 3.19. The van der Waals surface area contributed by atoms with E-state index in [2.05, 4.69) is 5.32 Å². The Hall–Kier alpha value is -4.73. The number of carbonyl (C=O) groups excluding carboxylic acids is 1. The first-order chi connectivity index (χ1) is 19.9. The zero-order chi connectivity index (χ0) is 30.1. The second kappa shape index (κ2) is 11.3. The Kier molecular flexibility index (Phi) is 7.73. The van der Waals surface area contributed by atoms with Gasteiger partial charge in [0.05, 0.1) is 10.3 Å². The molecule has 1 amide bonds. The standard InChI is InChI=1S/C33H31N3O5S/c1-33(2)28-22-27(42(38,39)40)18-19-29(28)36(25-13-9-6-10-14-25)31(33)20-16-23-15-17-26(35(3)4)21-30(23)41-32(37)34-24-11-7-5-8-12-24/h5-22H,1-4H3,(H-,34,37,38,39,40). The molecule has 42 heavy (non-hydrogen) atoms. The normalized spacial score (nSPS) is 14.1. The Bertz CT molecular complexity index is 1810. The fourth-order valence-corrected chi connectivity index (χ4v) is 5.51. The van der Waals surface area contributed by atoms with Gasteiger partial charge in [0.25, 0.3) is 0 Å². The molecule has 0 radical (unpaired) electrons. The van der Waals surface area contributed by atoms with E-state index in [0.717, 1.165) is 22.8 Å². The lowest BCUT2D eigenvalue weighted by Gasteiger charge is -2.17. The van der Waals surface area contributed by atoms with E-state index in [-0.39, 0.29) is 4.90 Å². The van der Waals surface area contributed by atoms with E-state index in [4.69, 9.17) is 4.74 Å². The third-order valence-electron chi connectivity index (χ3n) is 7.22. The van der Waals surface area contributed by atoms with Crippen molar-refractivity contribution in [3.63, 3.8) is 0 Å². The summed E-state index contributed by atoms with van der Waals surface area (Å²) in [6, 6.07) is 28.8. The van der Waals surface area contributed by atoms with Gasteiger partial charge in [0.1, 0.15) is 15.9 Å². The molecule has 1 N–H and O–H groups in total. The molecule has 1 aliphatic rings. The molecule has 1 aliphatic heterocycles. The molecule has 0 atom stereocenters. The molecule has 1 heterocycles. The predicted octanol–water partition coefficient (Wildman–Crippen LogP) is 6.55. The van der Waals surface area contributed by atoms with Crippen LogP contribution in [0.2, 0.25) is 0 Å². The highest BCUT2D eigenvalue weighted by atomic mass is 32.2. The van der Waals surface area contributed by atoms with Crippen molar-refractivity contribution in [1.29, 1.82) is 0 Å². The maximum atomic E-state index is 12.8. The average Bonchev–Trinajstić information content (AvgIpc) is 3.18. The number of hydrogen-bond acceptors (Lipinski definition) is 6. The van der Waals surface area contributed by atoms with Crippen LogP contribution in [0.1, 0.15) is 25.0 Å². The fourth-order valence-electron chi connectivity index (χ4n) is 5.01. The Morgan fingerprint density at radius 1 is 0.905 bits per heavy atom. The van der Waals surface area contributed by atoms with Gasteiger partial charge in [0.15, 0.2) is 5.71 Å². The maximum absolute atomic E-state index is 12.8. The third kappa shape index (κ3) is 5.83. The molecule has 4 aromatic rings. The summed E-state index contributed by atoms with van der Waals surface area (Å²) in [5.74, 6) is 0.366. The van der Waals surface area contributed by atoms with Gasteiger partial charge < -0.3 is 14.2 Å². The van der Waals surface area contributed by atoms with Crippen LogP contribution in [0.4, 0.5) is 27.5 Å². The number of hydrogen-bond donors (Lipinski definition) is 1. The highest BCUT2D eigenvalue weighted by Gasteiger charge is 2.45. The Morgan fingerprint density at radius 2 is 1.57 bits per heavy atom. The van der Waals surface area contributed by atoms with E-state index in [0.29, 0.717) is 22.6 Å². The van der Waals surface area contributed by atoms with Crippen LogP contribution in [-0.2, 0) is 15.5 Å². The lowest BCUT2D eigenvalue weighted by Crippen LogP contribution is -2.27. The number of fused-ring (bicyclic) bond motifs is 1. The van der Waals surface area contributed by atoms with E-state index in [1.165, 1.54) is 12.1 Å². The van der Waals surface area contributed by atoms with Crippen LogP contribution < -0.4 is 19.5 Å². The fraction of sp³-hybridized carbons (Fsp3) is 0.152. The molecule has 0 saturated carbocycles. The minimum Gasteiger partial charge on any atom is -0.744 e. The minimum absolute atomic E-state index is 0.271. The van der Waals surface area contributed by atoms with Gasteiger partial charge in [-0.15, -0.1) is 0 Å². The summed E-state index contributed by atoms with van der Waals surface area (Å²) in [5.41, 5.74) is 4.68. The summed E-state index contributed by atoms with van der Waals surface area (Å²) in [5, 5.41) is 2.75. The molecule has 8 nitrogen and oxygen atoms in total. The zero-order valence-electron chi connectivity index (χ0n) is 23.7. The van der Waals surface area contributed by atoms with Gasteiger partial charge in [-0.2, -0.15) is 4.58 Å². The average molecular weight is 582 g/mol. The highest BCUT2D eigenvalue weighted by molar-refractivity contribution is 7.85. The number of ether oxygens (including phenoxy) is 1. The Labute approximate surface area is 246 Å². The van der Waals surface area contributed by atoms with Crippen LogP contribution in [-0.4, -0.2) is 38.9 Å². The van der Waals surface area contributed by atoms with Crippen molar-refractivity contribution in [2.24, 2.45) is 0 Å². The number of para-hydroxylation sites is 2. The zero-order valence-corrected chi connectivity index (χ0v) is 24.6. The number of nitrogens with one attached hydrogen (secondary N) is 1. The molecule has 214 valence electrons. The Morgan fingerprint density at radius 3 is 2.21 bits per heavy atom. The van der Waals surface area contributed by atoms with E-state index in [9.17, 15) is 17.8 Å². The topological polar surface area (TPSA) is 102 Å². The predicted molar refractivity (Wildman–Crippen MR) is 166 cm³/mol. The number of benzene rings is 4. The molecule has 0 spiro atoms. The number of nitrogens with zero attached hydrogens (tertiary/aromatic N) is 2. The molecular formula is C33H31N3O5S. The molecule has 0 aliphatic carbocycles. The van der Waals surface area contributed by atoms with Gasteiger partial charge in [0.2, 0.25) is 11.4 Å². The van der Waals surface area contributed by atoms with Crippen molar-refractivity contribution in [2.45, 2.75) is 24.2 Å². The van der Waals surface area contributed by atoms with Gasteiger partial charge in [-0.05, 0) is 56.3 Å². The van der Waals surface area contributed by atoms with Gasteiger partial charge in [-0.3, -0.25) is 5.32 Å². The minimum atomic E-state index is -4.63. The lowest BCUT2D eigenvalue weighted by molar-refractivity contribution is 0.215. The number of anilines is 2. The second-order valence-corrected chi connectivity index (χ2v) is 12.0. The molecule has 0 unspecified atom stereocenters. The van der Waals surface area contributed by atoms with Gasteiger partial charge in [-0.1, -0.05) is 36.4 Å². The molecule has 0 aromatic heterocycles. The molecule has 0 fully saturated rings. The molecular weight excluding hydrogens is 550 g/mol. The van der Waals surface area contributed by atoms with Gasteiger partial charge >= 0.3 is 6.09 Å². The van der Waals surface area contributed by atoms with Gasteiger partial charge in [-0.25, -0.2) is 13.2 Å². The van der Waals surface area contributed by atoms with E-state index >= 15 is 0 Å². The molecule has 4 aromatic carbocycles. The summed E-state index contributed by atoms with van der Waals surface area (Å²) in [4.78, 5) is 14.5. The Balaban J connectivity index is 1.59. The molecule has 9 heteroatoms. The van der Waals surface area contributed by atoms with Crippen LogP contribution >= 0.6 is 0 Å². The second-order valence-electron chi connectivity index (χ2n) is 10.6. The van der Waals surface area contributed by atoms with E-state index in [1.807, 2.05) is 110 Å². The number of amides is 1. The maximum Gasteiger partial charge on any atom is 0.417 e. The number of rotatable bonds is 7. The van der Waals surface area contributed by atoms with Crippen molar-refractivity contribution in [2.75, 3.05) is 24.3 Å². The van der Waals surface area contributed by atoms with Crippen LogP contribution in [0.5, 0.6) is 5.75 Å². The van der Waals surface area contributed by atoms with E-state index < -0.39 is 21.6 Å². The molecule has 0 saturated heterocycles. The van der Waals surface area contributed by atoms with Crippen molar-refractivity contribution < 1.29 is 22.5 Å². The van der Waals surface area contributed by atoms with Crippen molar-refractivity contribution in [1.82, 2.24) is 4.58 Å². The number of allylic oxidation sites excluding steroid dienone is 1. The summed E-state index contributed by atoms with van der Waals surface area (Å²) in [7, 11) is -0.827. The third-order valence-corrected chi connectivity index (χ3v) is 8.06. The first-order valence-electron chi connectivity index (χ1n) is 13.3. The highest BCUT2D eigenvalue weighted by Crippen LogP contribution is 2.43. The van der Waals surface area contributed by atoms with Gasteiger partial charge in [0, 0.05) is 66.9 Å². The first kappa shape index (κ1) is 28.8. The van der Waals surface area contributed by atoms with Crippen LogP contribution in [0.25, 0.3) is 6.08 Å². The first-order valence-corrected chi connectivity index (χ1v) is 14.7. The largest absolute Gasteiger partial charge is 0.744 e. The van der Waals surface area contributed by atoms with Crippen molar-refractivity contribution in [3.05, 3.63) is 114 Å². The number of carbonyl (C=O) groups is 1. The molecule has 0 bridgehead atoms. The van der Waals surface area contributed by atoms with Crippen LogP contribution in [0, 0.1) is 0 Å². The van der Waals surface area contributed by atoms with E-state index in [1.54, 1.807) is 24.3 Å². The lowest BCUT2D eigenvalue weighted by atomic mass is 9.81. The monoisotopic (exact) mass is 581 g/mol. The van der Waals surface area contributed by atoms with Crippen LogP contribution in [0.3, 0.4) is 0 Å². The van der Waals surface area contributed by atoms with Crippen molar-refractivity contribution >= 4 is 50.7 Å². The van der Waals surface area contributed by atoms with Crippen molar-refractivity contribution in [3.8, 4) is 5.75 Å². The molecule has 5 rings (SSSR count). The summed E-state index contributed by atoms with van der Waals surface area (Å²) >= 11 is 0. The quantitative estimate of drug-likeness (QED) is 0.196. The van der Waals surface area contributed by atoms with Crippen LogP contribution in [0.15, 0.2) is 108 Å². The smallest absolute Gasteiger partial charge is 0.417 e. The summed E-state index contributed by atoms with van der Waals surface area (Å²) in [6.45, 7) is 3.96. The summed E-state index contributed by atoms with van der Waals surface area (Å²) < 4.78 is 43.4.